The average molecular weight is 350 g/mol. The number of esters is 1. The molecule has 25 heavy (non-hydrogen) atoms. The minimum Gasteiger partial charge on any atom is -0.462 e. The number of aromatic nitrogens is 2. The van der Waals surface area contributed by atoms with Crippen LogP contribution in [-0.2, 0) is 33.6 Å². The van der Waals surface area contributed by atoms with Crippen LogP contribution in [0, 0.1) is 0 Å². The van der Waals surface area contributed by atoms with E-state index < -0.39 is 5.97 Å². The van der Waals surface area contributed by atoms with Gasteiger partial charge in [0.05, 0.1) is 25.5 Å². The molecule has 1 saturated heterocycles. The van der Waals surface area contributed by atoms with Gasteiger partial charge in [0, 0.05) is 6.61 Å². The van der Waals surface area contributed by atoms with E-state index >= 15 is 0 Å². The Labute approximate surface area is 147 Å². The number of aryl methyl sites for hydroxylation is 1. The van der Waals surface area contributed by atoms with Gasteiger partial charge < -0.3 is 14.2 Å². The van der Waals surface area contributed by atoms with Crippen LogP contribution in [0.2, 0.25) is 0 Å². The van der Waals surface area contributed by atoms with E-state index in [0.29, 0.717) is 26.2 Å². The van der Waals surface area contributed by atoms with E-state index in [2.05, 4.69) is 5.10 Å². The highest BCUT2D eigenvalue weighted by Gasteiger charge is 2.25. The first-order valence-corrected chi connectivity index (χ1v) is 9.24. The van der Waals surface area contributed by atoms with Crippen molar-refractivity contribution in [3.63, 3.8) is 0 Å². The van der Waals surface area contributed by atoms with Crippen LogP contribution < -0.4 is 5.56 Å². The average Bonchev–Trinajstić information content (AvgIpc) is 2.63. The van der Waals surface area contributed by atoms with Crippen molar-refractivity contribution in [2.45, 2.75) is 64.7 Å². The molecule has 1 aromatic heterocycles. The monoisotopic (exact) mass is 350 g/mol. The van der Waals surface area contributed by atoms with Gasteiger partial charge in [-0.3, -0.25) is 4.79 Å². The second-order valence-electron chi connectivity index (χ2n) is 6.42. The van der Waals surface area contributed by atoms with Gasteiger partial charge in [-0.1, -0.05) is 0 Å². The SMILES string of the molecule is CCOC(=O)c1c2c(nn(CCOC3CCCCO3)c1=O)CCCC2. The van der Waals surface area contributed by atoms with Crippen LogP contribution in [0.5, 0.6) is 0 Å². The lowest BCUT2D eigenvalue weighted by Gasteiger charge is -2.23. The predicted molar refractivity (Wildman–Crippen MR) is 90.6 cm³/mol. The third kappa shape index (κ3) is 4.27. The summed E-state index contributed by atoms with van der Waals surface area (Å²) in [6.07, 6.45) is 6.31. The number of hydrogen-bond acceptors (Lipinski definition) is 6. The summed E-state index contributed by atoms with van der Waals surface area (Å²) < 4.78 is 17.7. The summed E-state index contributed by atoms with van der Waals surface area (Å²) in [5, 5.41) is 4.47. The highest BCUT2D eigenvalue weighted by molar-refractivity contribution is 5.91. The molecule has 1 fully saturated rings. The molecule has 2 heterocycles. The Balaban J connectivity index is 1.77. The van der Waals surface area contributed by atoms with Gasteiger partial charge >= 0.3 is 5.97 Å². The standard InChI is InChI=1S/C18H26N2O5/c1-2-23-18(22)16-13-7-3-4-8-14(13)19-20(17(16)21)10-12-25-15-9-5-6-11-24-15/h15H,2-12H2,1H3. The van der Waals surface area contributed by atoms with Crippen molar-refractivity contribution in [3.8, 4) is 0 Å². The first-order valence-electron chi connectivity index (χ1n) is 9.24. The van der Waals surface area contributed by atoms with Crippen molar-refractivity contribution < 1.29 is 19.0 Å². The van der Waals surface area contributed by atoms with Gasteiger partial charge in [-0.15, -0.1) is 0 Å². The van der Waals surface area contributed by atoms with Crippen molar-refractivity contribution >= 4 is 5.97 Å². The summed E-state index contributed by atoms with van der Waals surface area (Å²) in [4.78, 5) is 25.0. The molecule has 1 aliphatic carbocycles. The summed E-state index contributed by atoms with van der Waals surface area (Å²) in [5.41, 5.74) is 1.37. The molecule has 1 atom stereocenters. The lowest BCUT2D eigenvalue weighted by Crippen LogP contribution is -2.35. The van der Waals surface area contributed by atoms with Crippen LogP contribution in [0.4, 0.5) is 0 Å². The van der Waals surface area contributed by atoms with E-state index in [4.69, 9.17) is 14.2 Å². The third-order valence-corrected chi connectivity index (χ3v) is 4.65. The first-order chi connectivity index (χ1) is 12.2. The first kappa shape index (κ1) is 18.1. The Morgan fingerprint density at radius 2 is 2.12 bits per heavy atom. The molecule has 1 aliphatic heterocycles. The van der Waals surface area contributed by atoms with Crippen molar-refractivity contribution in [3.05, 3.63) is 27.2 Å². The van der Waals surface area contributed by atoms with Crippen LogP contribution in [0.15, 0.2) is 4.79 Å². The molecule has 7 nitrogen and oxygen atoms in total. The van der Waals surface area contributed by atoms with Crippen LogP contribution >= 0.6 is 0 Å². The maximum absolute atomic E-state index is 12.8. The Morgan fingerprint density at radius 3 is 2.88 bits per heavy atom. The Hall–Kier alpha value is -1.73. The van der Waals surface area contributed by atoms with Gasteiger partial charge in [0.15, 0.2) is 6.29 Å². The number of carbonyl (C=O) groups is 1. The van der Waals surface area contributed by atoms with Gasteiger partial charge in [0.1, 0.15) is 5.56 Å². The Kier molecular flexibility index (Phi) is 6.20. The van der Waals surface area contributed by atoms with Crippen LogP contribution in [-0.4, -0.2) is 41.9 Å². The quantitative estimate of drug-likeness (QED) is 0.729. The summed E-state index contributed by atoms with van der Waals surface area (Å²) in [5.74, 6) is -0.543. The molecule has 0 spiro atoms. The number of hydrogen-bond donors (Lipinski definition) is 0. The zero-order chi connectivity index (χ0) is 17.6. The minimum atomic E-state index is -0.543. The fourth-order valence-corrected chi connectivity index (χ4v) is 3.40. The van der Waals surface area contributed by atoms with Crippen LogP contribution in [0.3, 0.4) is 0 Å². The van der Waals surface area contributed by atoms with Crippen molar-refractivity contribution in [2.75, 3.05) is 19.8 Å². The van der Waals surface area contributed by atoms with E-state index in [1.807, 2.05) is 0 Å². The number of carbonyl (C=O) groups excluding carboxylic acids is 1. The smallest absolute Gasteiger partial charge is 0.344 e. The lowest BCUT2D eigenvalue weighted by atomic mass is 9.93. The molecule has 0 radical (unpaired) electrons. The highest BCUT2D eigenvalue weighted by atomic mass is 16.7. The maximum Gasteiger partial charge on any atom is 0.344 e. The Morgan fingerprint density at radius 1 is 1.28 bits per heavy atom. The maximum atomic E-state index is 12.8. The molecule has 0 saturated carbocycles. The zero-order valence-electron chi connectivity index (χ0n) is 14.8. The van der Waals surface area contributed by atoms with E-state index in [-0.39, 0.29) is 24.0 Å². The van der Waals surface area contributed by atoms with Gasteiger partial charge in [-0.25, -0.2) is 9.48 Å². The molecular formula is C18H26N2O5. The molecule has 1 aromatic rings. The van der Waals surface area contributed by atoms with Gasteiger partial charge in [0.2, 0.25) is 0 Å². The topological polar surface area (TPSA) is 79.7 Å². The van der Waals surface area contributed by atoms with Gasteiger partial charge in [-0.05, 0) is 57.4 Å². The molecule has 0 bridgehead atoms. The summed E-state index contributed by atoms with van der Waals surface area (Å²) >= 11 is 0. The van der Waals surface area contributed by atoms with Gasteiger partial charge in [0.25, 0.3) is 5.56 Å². The van der Waals surface area contributed by atoms with E-state index in [1.165, 1.54) is 4.68 Å². The van der Waals surface area contributed by atoms with Crippen LogP contribution in [0.25, 0.3) is 0 Å². The summed E-state index contributed by atoms with van der Waals surface area (Å²) in [7, 11) is 0. The molecular weight excluding hydrogens is 324 g/mol. The molecule has 2 aliphatic rings. The van der Waals surface area contributed by atoms with E-state index in [0.717, 1.165) is 49.8 Å². The number of rotatable bonds is 6. The molecule has 3 rings (SSSR count). The summed E-state index contributed by atoms with van der Waals surface area (Å²) in [6.45, 7) is 3.34. The molecule has 1 unspecified atom stereocenters. The van der Waals surface area contributed by atoms with Crippen molar-refractivity contribution in [1.29, 1.82) is 0 Å². The third-order valence-electron chi connectivity index (χ3n) is 4.65. The molecule has 7 heteroatoms. The number of fused-ring (bicyclic) bond motifs is 1. The molecule has 138 valence electrons. The van der Waals surface area contributed by atoms with Crippen molar-refractivity contribution in [1.82, 2.24) is 9.78 Å². The minimum absolute atomic E-state index is 0.153. The molecule has 0 N–H and O–H groups in total. The second-order valence-corrected chi connectivity index (χ2v) is 6.42. The molecule has 0 amide bonds. The summed E-state index contributed by atoms with van der Waals surface area (Å²) in [6, 6.07) is 0. The normalized spacial score (nSPS) is 20.1. The zero-order valence-corrected chi connectivity index (χ0v) is 14.8. The van der Waals surface area contributed by atoms with Crippen molar-refractivity contribution in [2.24, 2.45) is 0 Å². The Bertz CT molecular complexity index is 664. The second kappa shape index (κ2) is 8.58. The molecule has 0 aromatic carbocycles. The van der Waals surface area contributed by atoms with Crippen LogP contribution in [0.1, 0.15) is 60.6 Å². The fourth-order valence-electron chi connectivity index (χ4n) is 3.40. The van der Waals surface area contributed by atoms with Gasteiger partial charge in [-0.2, -0.15) is 5.10 Å². The number of nitrogens with zero attached hydrogens (tertiary/aromatic N) is 2. The largest absolute Gasteiger partial charge is 0.462 e. The predicted octanol–water partition coefficient (Wildman–Crippen LogP) is 1.84. The highest BCUT2D eigenvalue weighted by Crippen LogP contribution is 2.21. The lowest BCUT2D eigenvalue weighted by molar-refractivity contribution is -0.164. The number of ether oxygens (including phenoxy) is 3. The van der Waals surface area contributed by atoms with E-state index in [9.17, 15) is 9.59 Å². The fraction of sp³-hybridized carbons (Fsp3) is 0.722. The van der Waals surface area contributed by atoms with E-state index in [1.54, 1.807) is 6.92 Å².